The number of fused-ring (bicyclic) bond motifs is 8. The molecular formula is C55H40BN5OPt-2. The van der Waals surface area contributed by atoms with Crippen molar-refractivity contribution in [2.75, 3.05) is 0 Å². The Morgan fingerprint density at radius 3 is 2.03 bits per heavy atom. The van der Waals surface area contributed by atoms with Crippen molar-refractivity contribution in [2.45, 2.75) is 26.2 Å². The number of benzene rings is 7. The third-order valence-electron chi connectivity index (χ3n) is 12.4. The Kier molecular flexibility index (Phi) is 8.40. The van der Waals surface area contributed by atoms with E-state index in [-0.39, 0.29) is 26.5 Å². The molecular weight excluding hydrogens is 953 g/mol. The predicted molar refractivity (Wildman–Crippen MR) is 252 cm³/mol. The molecule has 0 radical (unpaired) electrons. The molecule has 0 saturated carbocycles. The van der Waals surface area contributed by atoms with E-state index < -0.39 is 13.8 Å². The fourth-order valence-corrected chi connectivity index (χ4v) is 9.54. The smallest absolute Gasteiger partial charge is 0.246 e. The normalized spacial score (nSPS) is 13.2. The summed E-state index contributed by atoms with van der Waals surface area (Å²) in [4.78, 5) is 4.86. The Morgan fingerprint density at radius 1 is 0.667 bits per heavy atom. The number of rotatable bonds is 6. The van der Waals surface area contributed by atoms with E-state index in [1.54, 1.807) is 0 Å². The van der Waals surface area contributed by atoms with Crippen LogP contribution in [0.3, 0.4) is 0 Å². The van der Waals surface area contributed by atoms with Crippen molar-refractivity contribution in [1.29, 1.82) is 0 Å². The van der Waals surface area contributed by atoms with Crippen molar-refractivity contribution in [3.63, 3.8) is 0 Å². The summed E-state index contributed by atoms with van der Waals surface area (Å²) in [5.74, 6) is 1.76. The molecule has 1 aliphatic heterocycles. The molecule has 0 fully saturated rings. The van der Waals surface area contributed by atoms with E-state index in [0.717, 1.165) is 71.7 Å². The molecule has 12 rings (SSSR count). The van der Waals surface area contributed by atoms with Gasteiger partial charge in [-0.15, -0.1) is 35.1 Å². The van der Waals surface area contributed by atoms with Crippen LogP contribution in [0.25, 0.3) is 77.6 Å². The molecule has 0 atom stereocenters. The van der Waals surface area contributed by atoms with Gasteiger partial charge in [-0.05, 0) is 73.7 Å². The summed E-state index contributed by atoms with van der Waals surface area (Å²) in [6.45, 7) is 3.68. The van der Waals surface area contributed by atoms with Crippen LogP contribution in [0.15, 0.2) is 170 Å². The first kappa shape index (κ1) is 35.6. The van der Waals surface area contributed by atoms with Gasteiger partial charge in [-0.3, -0.25) is 0 Å². The monoisotopic (exact) mass is 995 g/mol. The van der Waals surface area contributed by atoms with Crippen LogP contribution < -0.4 is 20.2 Å². The molecule has 1 aliphatic rings. The molecule has 7 aromatic carbocycles. The molecule has 63 heavy (non-hydrogen) atoms. The predicted octanol–water partition coefficient (Wildman–Crippen LogP) is 10.7. The molecule has 4 aromatic heterocycles. The van der Waals surface area contributed by atoms with E-state index in [9.17, 15) is 0 Å². The number of imidazole rings is 1. The van der Waals surface area contributed by atoms with Crippen molar-refractivity contribution >= 4 is 61.6 Å². The van der Waals surface area contributed by atoms with Crippen molar-refractivity contribution in [1.82, 2.24) is 18.6 Å². The quantitative estimate of drug-likeness (QED) is 0.0946. The van der Waals surface area contributed by atoms with E-state index >= 15 is 0 Å². The van der Waals surface area contributed by atoms with Crippen molar-refractivity contribution in [3.8, 4) is 45.3 Å². The van der Waals surface area contributed by atoms with Crippen LogP contribution >= 0.6 is 0 Å². The number of hydrogen-bond acceptors (Lipinski definition) is 2. The molecule has 5 heterocycles. The molecule has 0 N–H and O–H groups in total. The Bertz CT molecular complexity index is 3630. The molecule has 6 nitrogen and oxygen atoms in total. The maximum atomic E-state index is 8.75. The minimum absolute atomic E-state index is 0. The van der Waals surface area contributed by atoms with Gasteiger partial charge in [0.1, 0.15) is 11.5 Å². The first-order valence-electron chi connectivity index (χ1n) is 22.4. The van der Waals surface area contributed by atoms with Crippen molar-refractivity contribution < 1.29 is 34.5 Å². The van der Waals surface area contributed by atoms with Gasteiger partial charge in [-0.25, -0.2) is 4.98 Å². The Labute approximate surface area is 385 Å². The number of hydrogen-bond donors (Lipinski definition) is 0. The molecule has 0 amide bonds. The van der Waals surface area contributed by atoms with Gasteiger partial charge in [-0.1, -0.05) is 147 Å². The first-order valence-corrected chi connectivity index (χ1v) is 20.9. The summed E-state index contributed by atoms with van der Waals surface area (Å²) in [6.07, 6.45) is 5.15. The third kappa shape index (κ3) is 6.13. The minimum atomic E-state index is -2.52. The zero-order chi connectivity index (χ0) is 44.2. The third-order valence-corrected chi connectivity index (χ3v) is 12.4. The van der Waals surface area contributed by atoms with Crippen LogP contribution in [-0.2, 0) is 33.5 Å². The molecule has 8 heteroatoms. The Morgan fingerprint density at radius 2 is 1.32 bits per heavy atom. The Hall–Kier alpha value is -6.95. The molecule has 0 aliphatic carbocycles. The number of nitrogens with zero attached hydrogens (tertiary/aromatic N) is 5. The molecule has 0 saturated heterocycles. The van der Waals surface area contributed by atoms with Gasteiger partial charge in [0.25, 0.3) is 0 Å². The maximum absolute atomic E-state index is 8.75. The second kappa shape index (κ2) is 14.9. The number of ether oxygens (including phenoxy) is 1. The average molecular weight is 996 g/mol. The number of para-hydroxylation sites is 2. The van der Waals surface area contributed by atoms with Gasteiger partial charge >= 0.3 is 0 Å². The standard InChI is InChI=1S/C55H40BN5O.Pt/c1-55(2,3)38-30-31-57-51(32-38)60-47-24-13-11-20-43(47)44-28-26-39(33-49(44)60)62-40-27-29-46-50(34-40)59-35-58(4)53-45-21-12-14-25-48(45)61(54(53)59)56(46)52-41(36-16-7-5-8-17-36)22-15-23-42(52)37-18-9-6-10-19-37;/h5-32H,1-4H3;/q-2;/i4D3;. The fraction of sp³-hybridized carbons (Fsp3) is 0.0909. The zero-order valence-electron chi connectivity index (χ0n) is 37.7. The summed E-state index contributed by atoms with van der Waals surface area (Å²) in [6, 6.07) is 63.3. The zero-order valence-corrected chi connectivity index (χ0v) is 37.0. The second-order valence-corrected chi connectivity index (χ2v) is 17.1. The van der Waals surface area contributed by atoms with Gasteiger partial charge in [0.05, 0.1) is 16.6 Å². The van der Waals surface area contributed by atoms with Crippen LogP contribution in [0, 0.1) is 18.5 Å². The van der Waals surface area contributed by atoms with Gasteiger partial charge < -0.3 is 22.9 Å². The van der Waals surface area contributed by atoms with Crippen molar-refractivity contribution in [3.05, 3.63) is 194 Å². The molecule has 0 unspecified atom stereocenters. The van der Waals surface area contributed by atoms with Crippen LogP contribution in [0.1, 0.15) is 30.4 Å². The van der Waals surface area contributed by atoms with Crippen LogP contribution in [0.2, 0.25) is 0 Å². The average Bonchev–Trinajstić information content (AvgIpc) is 3.99. The first-order chi connectivity index (χ1) is 31.5. The number of aromatic nitrogens is 5. The van der Waals surface area contributed by atoms with Gasteiger partial charge in [0.2, 0.25) is 13.2 Å². The van der Waals surface area contributed by atoms with E-state index in [1.807, 2.05) is 59.3 Å². The second-order valence-electron chi connectivity index (χ2n) is 17.1. The summed E-state index contributed by atoms with van der Waals surface area (Å²) in [7, 11) is 0. The topological polar surface area (TPSA) is 40.8 Å². The fourth-order valence-electron chi connectivity index (χ4n) is 9.54. The van der Waals surface area contributed by atoms with Crippen molar-refractivity contribution in [2.24, 2.45) is 6.98 Å². The summed E-state index contributed by atoms with van der Waals surface area (Å²) in [5.41, 5.74) is 12.1. The van der Waals surface area contributed by atoms with E-state index in [2.05, 4.69) is 164 Å². The van der Waals surface area contributed by atoms with Gasteiger partial charge in [0.15, 0.2) is 0 Å². The summed E-state index contributed by atoms with van der Waals surface area (Å²) in [5, 5.41) is 2.95. The van der Waals surface area contributed by atoms with Crippen LogP contribution in [0.5, 0.6) is 11.5 Å². The van der Waals surface area contributed by atoms with Crippen LogP contribution in [0.4, 0.5) is 0 Å². The summed E-state index contributed by atoms with van der Waals surface area (Å²) < 4.78 is 40.6. The minimum Gasteiger partial charge on any atom is -0.510 e. The van der Waals surface area contributed by atoms with E-state index in [4.69, 9.17) is 13.8 Å². The van der Waals surface area contributed by atoms with E-state index in [1.165, 1.54) is 10.1 Å². The molecule has 11 aromatic rings. The maximum Gasteiger partial charge on any atom is 0.246 e. The number of aryl methyl sites for hydroxylation is 1. The summed E-state index contributed by atoms with van der Waals surface area (Å²) >= 11 is 0. The van der Waals surface area contributed by atoms with E-state index in [0.29, 0.717) is 28.4 Å². The largest absolute Gasteiger partial charge is 0.510 e. The molecule has 0 bridgehead atoms. The molecule has 306 valence electrons. The Balaban J connectivity index is 0.00000481. The molecule has 0 spiro atoms. The van der Waals surface area contributed by atoms with Crippen LogP contribution in [-0.4, -0.2) is 25.4 Å². The SMILES string of the molecule is [2H]C([2H])([2H])[n+]1[c-]n2c3c1c1ccccc1n3B(c1c(-c3ccccc3)cccc1-c1ccccc1)c1ccc(Oc3[c-]c4c(cc3)c3ccccc3n4-c3cc(C(C)(C)C)ccn3)[c-]c1-2.[Pt]. The van der Waals surface area contributed by atoms with Gasteiger partial charge in [-0.2, -0.15) is 12.1 Å². The number of pyridine rings is 1. The van der Waals surface area contributed by atoms with Gasteiger partial charge in [0, 0.05) is 49.8 Å².